The number of Topliss-reactive ketones (excluding diaryl/α,β-unsaturated/α-hetero) is 1. The highest BCUT2D eigenvalue weighted by molar-refractivity contribution is 5.97. The number of aryl methyl sites for hydroxylation is 1. The number of nitrogens with zero attached hydrogens (tertiary/aromatic N) is 1. The van der Waals surface area contributed by atoms with Crippen molar-refractivity contribution in [1.82, 2.24) is 4.98 Å². The number of aromatic nitrogens is 1. The van der Waals surface area contributed by atoms with E-state index in [0.29, 0.717) is 24.1 Å². The normalized spacial score (nSPS) is 19.7. The number of ketones is 1. The van der Waals surface area contributed by atoms with Crippen molar-refractivity contribution in [1.29, 1.82) is 0 Å². The Balaban J connectivity index is 2.24. The van der Waals surface area contributed by atoms with E-state index in [1.54, 1.807) is 6.07 Å². The van der Waals surface area contributed by atoms with Gasteiger partial charge >= 0.3 is 0 Å². The Labute approximate surface area is 110 Å². The molecule has 0 amide bonds. The number of carbonyl (C=O) groups excluding carboxylic acids is 1. The van der Waals surface area contributed by atoms with Gasteiger partial charge in [-0.25, -0.2) is 0 Å². The predicted molar refractivity (Wildman–Crippen MR) is 65.6 cm³/mol. The van der Waals surface area contributed by atoms with E-state index in [-0.39, 0.29) is 11.5 Å². The lowest BCUT2D eigenvalue weighted by Gasteiger charge is -2.22. The lowest BCUT2D eigenvalue weighted by atomic mass is 9.93. The Hall–Kier alpha value is -1.34. The van der Waals surface area contributed by atoms with Gasteiger partial charge in [-0.15, -0.1) is 0 Å². The summed E-state index contributed by atoms with van der Waals surface area (Å²) in [5, 5.41) is 37.6. The van der Waals surface area contributed by atoms with Gasteiger partial charge in [-0.1, -0.05) is 0 Å². The van der Waals surface area contributed by atoms with Crippen molar-refractivity contribution in [2.75, 3.05) is 6.61 Å². The van der Waals surface area contributed by atoms with Crippen molar-refractivity contribution >= 4 is 5.78 Å². The van der Waals surface area contributed by atoms with Crippen LogP contribution in [0.1, 0.15) is 40.7 Å². The van der Waals surface area contributed by atoms with Gasteiger partial charge < -0.3 is 20.4 Å². The minimum Gasteiger partial charge on any atom is -0.394 e. The average Bonchev–Trinajstić information content (AvgIpc) is 2.44. The lowest BCUT2D eigenvalue weighted by molar-refractivity contribution is -0.0789. The molecule has 1 aromatic rings. The number of hydrogen-bond donors (Lipinski definition) is 4. The van der Waals surface area contributed by atoms with E-state index in [4.69, 9.17) is 5.11 Å². The van der Waals surface area contributed by atoms with E-state index in [1.165, 1.54) is 6.07 Å². The van der Waals surface area contributed by atoms with Crippen LogP contribution in [0.5, 0.6) is 0 Å². The standard InChI is InChI=1S/C13H17NO5/c15-6-11(17)13(19)12(18)9-5-4-7-8(14-9)2-1-3-10(7)16/h4-5,11-13,15,17-19H,1-3,6H2/t11-,12-,13-/m0/s1. The number of aliphatic hydroxyl groups excluding tert-OH is 4. The second kappa shape index (κ2) is 5.75. The Morgan fingerprint density at radius 1 is 1.21 bits per heavy atom. The van der Waals surface area contributed by atoms with Crippen LogP contribution in [0.4, 0.5) is 0 Å². The molecule has 0 unspecified atom stereocenters. The second-order valence-corrected chi connectivity index (χ2v) is 4.69. The number of pyridine rings is 1. The summed E-state index contributed by atoms with van der Waals surface area (Å²) in [6.45, 7) is -0.651. The quantitative estimate of drug-likeness (QED) is 0.577. The van der Waals surface area contributed by atoms with Crippen LogP contribution >= 0.6 is 0 Å². The van der Waals surface area contributed by atoms with Crippen molar-refractivity contribution in [2.24, 2.45) is 0 Å². The first-order valence-electron chi connectivity index (χ1n) is 6.22. The number of fused-ring (bicyclic) bond motifs is 1. The molecule has 0 fully saturated rings. The van der Waals surface area contributed by atoms with Crippen molar-refractivity contribution in [3.8, 4) is 0 Å². The molecule has 1 aromatic heterocycles. The lowest BCUT2D eigenvalue weighted by Crippen LogP contribution is -2.35. The zero-order chi connectivity index (χ0) is 14.0. The van der Waals surface area contributed by atoms with Gasteiger partial charge in [0.1, 0.15) is 18.3 Å². The van der Waals surface area contributed by atoms with Crippen LogP contribution in [0.2, 0.25) is 0 Å². The average molecular weight is 267 g/mol. The molecular formula is C13H17NO5. The first-order valence-corrected chi connectivity index (χ1v) is 6.22. The monoisotopic (exact) mass is 267 g/mol. The van der Waals surface area contributed by atoms with E-state index >= 15 is 0 Å². The van der Waals surface area contributed by atoms with Crippen LogP contribution in [0.25, 0.3) is 0 Å². The molecule has 0 aromatic carbocycles. The summed E-state index contributed by atoms with van der Waals surface area (Å²) in [6.07, 6.45) is -2.48. The van der Waals surface area contributed by atoms with Crippen molar-refractivity contribution in [2.45, 2.75) is 37.6 Å². The van der Waals surface area contributed by atoms with Crippen LogP contribution < -0.4 is 0 Å². The highest BCUT2D eigenvalue weighted by atomic mass is 16.4. The van der Waals surface area contributed by atoms with E-state index in [0.717, 1.165) is 6.42 Å². The zero-order valence-corrected chi connectivity index (χ0v) is 10.4. The number of rotatable bonds is 4. The third kappa shape index (κ3) is 2.82. The van der Waals surface area contributed by atoms with Crippen LogP contribution in [-0.2, 0) is 6.42 Å². The van der Waals surface area contributed by atoms with Crippen LogP contribution in [0.15, 0.2) is 12.1 Å². The Morgan fingerprint density at radius 2 is 1.95 bits per heavy atom. The summed E-state index contributed by atoms with van der Waals surface area (Å²) in [5.41, 5.74) is 1.35. The molecule has 0 radical (unpaired) electrons. The zero-order valence-electron chi connectivity index (χ0n) is 10.4. The molecule has 4 N–H and O–H groups in total. The maximum atomic E-state index is 11.6. The SMILES string of the molecule is O=C1CCCc2nc([C@H](O)[C@@H](O)[C@@H](O)CO)ccc21. The molecule has 1 aliphatic rings. The van der Waals surface area contributed by atoms with E-state index in [1.807, 2.05) is 0 Å². The smallest absolute Gasteiger partial charge is 0.164 e. The van der Waals surface area contributed by atoms with Crippen LogP contribution in [-0.4, -0.2) is 50.0 Å². The van der Waals surface area contributed by atoms with Crippen molar-refractivity contribution in [3.63, 3.8) is 0 Å². The minimum atomic E-state index is -1.52. The first-order chi connectivity index (χ1) is 9.04. The van der Waals surface area contributed by atoms with Crippen LogP contribution in [0, 0.1) is 0 Å². The number of carbonyl (C=O) groups is 1. The molecule has 0 spiro atoms. The molecule has 0 saturated carbocycles. The molecule has 2 rings (SSSR count). The second-order valence-electron chi connectivity index (χ2n) is 4.69. The van der Waals surface area contributed by atoms with Crippen molar-refractivity contribution in [3.05, 3.63) is 29.1 Å². The molecule has 0 aliphatic heterocycles. The summed E-state index contributed by atoms with van der Waals surface area (Å²) >= 11 is 0. The molecule has 0 bridgehead atoms. The molecular weight excluding hydrogens is 250 g/mol. The van der Waals surface area contributed by atoms with Gasteiger partial charge in [0.15, 0.2) is 5.78 Å². The van der Waals surface area contributed by atoms with E-state index < -0.39 is 24.9 Å². The predicted octanol–water partition coefficient (Wildman–Crippen LogP) is -0.652. The summed E-state index contributed by atoms with van der Waals surface area (Å²) in [5.74, 6) is 0.0331. The van der Waals surface area contributed by atoms with Gasteiger partial charge in [-0.3, -0.25) is 9.78 Å². The van der Waals surface area contributed by atoms with Crippen LogP contribution in [0.3, 0.4) is 0 Å². The van der Waals surface area contributed by atoms with Gasteiger partial charge in [0.25, 0.3) is 0 Å². The summed E-state index contributed by atoms with van der Waals surface area (Å²) in [4.78, 5) is 15.8. The molecule has 1 heterocycles. The van der Waals surface area contributed by atoms with Gasteiger partial charge in [0.05, 0.1) is 18.0 Å². The fraction of sp³-hybridized carbons (Fsp3) is 0.538. The summed E-state index contributed by atoms with van der Waals surface area (Å²) < 4.78 is 0. The Kier molecular flexibility index (Phi) is 4.26. The fourth-order valence-corrected chi connectivity index (χ4v) is 2.17. The highest BCUT2D eigenvalue weighted by Gasteiger charge is 2.28. The molecule has 3 atom stereocenters. The molecule has 1 aliphatic carbocycles. The topological polar surface area (TPSA) is 111 Å². The molecule has 6 heteroatoms. The highest BCUT2D eigenvalue weighted by Crippen LogP contribution is 2.23. The third-order valence-corrected chi connectivity index (χ3v) is 3.32. The largest absolute Gasteiger partial charge is 0.394 e. The van der Waals surface area contributed by atoms with Gasteiger partial charge in [-0.2, -0.15) is 0 Å². The molecule has 19 heavy (non-hydrogen) atoms. The van der Waals surface area contributed by atoms with Gasteiger partial charge in [-0.05, 0) is 25.0 Å². The van der Waals surface area contributed by atoms with E-state index in [9.17, 15) is 20.1 Å². The van der Waals surface area contributed by atoms with Gasteiger partial charge in [0.2, 0.25) is 0 Å². The first kappa shape index (κ1) is 14.1. The maximum Gasteiger partial charge on any atom is 0.164 e. The van der Waals surface area contributed by atoms with Crippen molar-refractivity contribution < 1.29 is 25.2 Å². The molecule has 104 valence electrons. The van der Waals surface area contributed by atoms with Gasteiger partial charge in [0, 0.05) is 12.0 Å². The number of hydrogen-bond acceptors (Lipinski definition) is 6. The third-order valence-electron chi connectivity index (χ3n) is 3.32. The molecule has 6 nitrogen and oxygen atoms in total. The maximum absolute atomic E-state index is 11.6. The summed E-state index contributed by atoms with van der Waals surface area (Å²) in [7, 11) is 0. The Bertz CT molecular complexity index is 476. The fourth-order valence-electron chi connectivity index (χ4n) is 2.17. The van der Waals surface area contributed by atoms with E-state index in [2.05, 4.69) is 4.98 Å². The minimum absolute atomic E-state index is 0.0331. The molecule has 0 saturated heterocycles. The summed E-state index contributed by atoms with van der Waals surface area (Å²) in [6, 6.07) is 3.04. The number of aliphatic hydroxyl groups is 4. The Morgan fingerprint density at radius 3 is 2.63 bits per heavy atom.